The predicted molar refractivity (Wildman–Crippen MR) is 89.5 cm³/mol. The maximum Gasteiger partial charge on any atom is 0.119 e. The Kier molecular flexibility index (Phi) is 4.61. The lowest BCUT2D eigenvalue weighted by Crippen LogP contribution is -2.21. The molecule has 112 valence electrons. The average molecular weight is 301 g/mol. The highest BCUT2D eigenvalue weighted by Crippen LogP contribution is 2.36. The summed E-state index contributed by atoms with van der Waals surface area (Å²) in [5.41, 5.74) is 2.86. The molecule has 1 atom stereocenters. The van der Waals surface area contributed by atoms with Crippen LogP contribution in [0, 0.1) is 0 Å². The van der Waals surface area contributed by atoms with Gasteiger partial charge in [0, 0.05) is 9.75 Å². The number of hydrogen-bond acceptors (Lipinski definition) is 3. The van der Waals surface area contributed by atoms with E-state index >= 15 is 0 Å². The Bertz CT molecular complexity index is 584. The standard InChI is InChI=1S/C18H23NOS/c1-3-19-18(14-8-5-9-15(11-14)20-4-2)17-12-13-7-6-10-16(13)21-17/h5,8-9,11-12,18-19H,3-4,6-7,10H2,1-2H3. The van der Waals surface area contributed by atoms with E-state index in [1.807, 2.05) is 24.3 Å². The molecule has 0 aliphatic heterocycles. The fourth-order valence-corrected chi connectivity index (χ4v) is 4.39. The Labute approximate surface area is 131 Å². The van der Waals surface area contributed by atoms with E-state index < -0.39 is 0 Å². The number of thiophene rings is 1. The Morgan fingerprint density at radius 2 is 2.14 bits per heavy atom. The van der Waals surface area contributed by atoms with E-state index in [9.17, 15) is 0 Å². The van der Waals surface area contributed by atoms with E-state index in [-0.39, 0.29) is 6.04 Å². The molecule has 2 aromatic rings. The van der Waals surface area contributed by atoms with Crippen LogP contribution in [0.4, 0.5) is 0 Å². The van der Waals surface area contributed by atoms with Crippen LogP contribution in [0.2, 0.25) is 0 Å². The molecule has 3 rings (SSSR count). The molecule has 0 fully saturated rings. The summed E-state index contributed by atoms with van der Waals surface area (Å²) < 4.78 is 5.65. The van der Waals surface area contributed by atoms with Crippen LogP contribution in [0.3, 0.4) is 0 Å². The largest absolute Gasteiger partial charge is 0.494 e. The fraction of sp³-hybridized carbons (Fsp3) is 0.444. The molecular formula is C18H23NOS. The van der Waals surface area contributed by atoms with Crippen molar-refractivity contribution in [3.8, 4) is 5.75 Å². The number of ether oxygens (including phenoxy) is 1. The third kappa shape index (κ3) is 3.14. The Hall–Kier alpha value is -1.32. The van der Waals surface area contributed by atoms with Gasteiger partial charge < -0.3 is 10.1 Å². The molecule has 1 aromatic heterocycles. The highest BCUT2D eigenvalue weighted by Gasteiger charge is 2.21. The van der Waals surface area contributed by atoms with Crippen molar-refractivity contribution in [2.24, 2.45) is 0 Å². The first-order valence-corrected chi connectivity index (χ1v) is 8.71. The molecule has 0 radical (unpaired) electrons. The third-order valence-corrected chi connectivity index (χ3v) is 5.26. The molecule has 1 aromatic carbocycles. The number of nitrogens with one attached hydrogen (secondary N) is 1. The van der Waals surface area contributed by atoms with Crippen molar-refractivity contribution in [1.82, 2.24) is 5.32 Å². The van der Waals surface area contributed by atoms with E-state index in [1.165, 1.54) is 29.7 Å². The van der Waals surface area contributed by atoms with Crippen molar-refractivity contribution in [1.29, 1.82) is 0 Å². The minimum atomic E-state index is 0.283. The Morgan fingerprint density at radius 1 is 1.24 bits per heavy atom. The lowest BCUT2D eigenvalue weighted by molar-refractivity contribution is 0.339. The first kappa shape index (κ1) is 14.6. The van der Waals surface area contributed by atoms with Crippen LogP contribution in [0.25, 0.3) is 0 Å². The van der Waals surface area contributed by atoms with E-state index in [1.54, 1.807) is 10.4 Å². The first-order valence-electron chi connectivity index (χ1n) is 7.89. The van der Waals surface area contributed by atoms with Gasteiger partial charge in [-0.2, -0.15) is 0 Å². The molecule has 21 heavy (non-hydrogen) atoms. The van der Waals surface area contributed by atoms with Crippen LogP contribution in [0.5, 0.6) is 5.75 Å². The maximum absolute atomic E-state index is 5.65. The van der Waals surface area contributed by atoms with Crippen LogP contribution in [-0.2, 0) is 12.8 Å². The van der Waals surface area contributed by atoms with E-state index in [4.69, 9.17) is 4.74 Å². The molecule has 1 unspecified atom stereocenters. The maximum atomic E-state index is 5.65. The summed E-state index contributed by atoms with van der Waals surface area (Å²) in [5, 5.41) is 3.63. The van der Waals surface area contributed by atoms with Gasteiger partial charge in [-0.05, 0) is 62.1 Å². The predicted octanol–water partition coefficient (Wildman–Crippen LogP) is 4.33. The second-order valence-electron chi connectivity index (χ2n) is 5.45. The Morgan fingerprint density at radius 3 is 2.90 bits per heavy atom. The van der Waals surface area contributed by atoms with Crippen LogP contribution in [-0.4, -0.2) is 13.2 Å². The summed E-state index contributed by atoms with van der Waals surface area (Å²) in [4.78, 5) is 3.03. The molecular weight excluding hydrogens is 278 g/mol. The number of hydrogen-bond donors (Lipinski definition) is 1. The zero-order valence-electron chi connectivity index (χ0n) is 12.8. The molecule has 1 heterocycles. The van der Waals surface area contributed by atoms with Crippen molar-refractivity contribution in [2.45, 2.75) is 39.2 Å². The molecule has 0 saturated heterocycles. The quantitative estimate of drug-likeness (QED) is 0.857. The second kappa shape index (κ2) is 6.63. The van der Waals surface area contributed by atoms with E-state index in [0.717, 1.165) is 12.3 Å². The molecule has 0 saturated carbocycles. The van der Waals surface area contributed by atoms with Gasteiger partial charge in [-0.15, -0.1) is 11.3 Å². The molecule has 2 nitrogen and oxygen atoms in total. The summed E-state index contributed by atoms with van der Waals surface area (Å²) >= 11 is 1.98. The zero-order chi connectivity index (χ0) is 14.7. The number of fused-ring (bicyclic) bond motifs is 1. The highest BCUT2D eigenvalue weighted by molar-refractivity contribution is 7.12. The first-order chi connectivity index (χ1) is 10.3. The average Bonchev–Trinajstić information content (AvgIpc) is 3.06. The summed E-state index contributed by atoms with van der Waals surface area (Å²) in [6.07, 6.45) is 3.84. The van der Waals surface area contributed by atoms with Gasteiger partial charge in [0.05, 0.1) is 12.6 Å². The van der Waals surface area contributed by atoms with Crippen LogP contribution >= 0.6 is 11.3 Å². The molecule has 0 bridgehead atoms. The van der Waals surface area contributed by atoms with Crippen molar-refractivity contribution < 1.29 is 4.74 Å². The highest BCUT2D eigenvalue weighted by atomic mass is 32.1. The third-order valence-electron chi connectivity index (χ3n) is 3.96. The molecule has 1 N–H and O–H groups in total. The smallest absolute Gasteiger partial charge is 0.119 e. The molecule has 0 spiro atoms. The topological polar surface area (TPSA) is 21.3 Å². The minimum absolute atomic E-state index is 0.283. The van der Waals surface area contributed by atoms with E-state index in [2.05, 4.69) is 36.5 Å². The van der Waals surface area contributed by atoms with Gasteiger partial charge in [-0.1, -0.05) is 19.1 Å². The van der Waals surface area contributed by atoms with E-state index in [0.29, 0.717) is 6.61 Å². The van der Waals surface area contributed by atoms with Crippen LogP contribution < -0.4 is 10.1 Å². The summed E-state index contributed by atoms with van der Waals surface area (Å²) in [6.45, 7) is 5.87. The monoisotopic (exact) mass is 301 g/mol. The number of benzene rings is 1. The van der Waals surface area contributed by atoms with Gasteiger partial charge in [0.1, 0.15) is 5.75 Å². The van der Waals surface area contributed by atoms with Gasteiger partial charge in [-0.25, -0.2) is 0 Å². The van der Waals surface area contributed by atoms with Gasteiger partial charge in [0.2, 0.25) is 0 Å². The SMILES string of the molecule is CCNC(c1cccc(OCC)c1)c1cc2c(s1)CCC2. The number of aryl methyl sites for hydroxylation is 2. The van der Waals surface area contributed by atoms with Crippen LogP contribution in [0.15, 0.2) is 30.3 Å². The molecule has 1 aliphatic rings. The van der Waals surface area contributed by atoms with Crippen molar-refractivity contribution in [3.05, 3.63) is 51.2 Å². The van der Waals surface area contributed by atoms with Crippen molar-refractivity contribution >= 4 is 11.3 Å². The lowest BCUT2D eigenvalue weighted by atomic mass is 10.0. The minimum Gasteiger partial charge on any atom is -0.494 e. The van der Waals surface area contributed by atoms with Crippen LogP contribution in [0.1, 0.15) is 47.2 Å². The summed E-state index contributed by atoms with van der Waals surface area (Å²) in [5.74, 6) is 0.960. The molecule has 0 amide bonds. The van der Waals surface area contributed by atoms with Gasteiger partial charge in [0.15, 0.2) is 0 Å². The van der Waals surface area contributed by atoms with Crippen molar-refractivity contribution in [3.63, 3.8) is 0 Å². The summed E-state index contributed by atoms with van der Waals surface area (Å²) in [7, 11) is 0. The Balaban J connectivity index is 1.91. The van der Waals surface area contributed by atoms with Gasteiger partial charge in [0.25, 0.3) is 0 Å². The summed E-state index contributed by atoms with van der Waals surface area (Å²) in [6, 6.07) is 11.2. The normalized spacial score (nSPS) is 15.0. The zero-order valence-corrected chi connectivity index (χ0v) is 13.6. The van der Waals surface area contributed by atoms with Crippen molar-refractivity contribution in [2.75, 3.05) is 13.2 Å². The van der Waals surface area contributed by atoms with Gasteiger partial charge >= 0.3 is 0 Å². The fourth-order valence-electron chi connectivity index (χ4n) is 3.03. The second-order valence-corrected chi connectivity index (χ2v) is 6.62. The number of rotatable bonds is 6. The lowest BCUT2D eigenvalue weighted by Gasteiger charge is -2.18. The van der Waals surface area contributed by atoms with Gasteiger partial charge in [-0.3, -0.25) is 0 Å². The molecule has 3 heteroatoms. The molecule has 1 aliphatic carbocycles.